The molecule has 0 radical (unpaired) electrons. The van der Waals surface area contributed by atoms with Crippen LogP contribution in [0.1, 0.15) is 35.7 Å². The first-order chi connectivity index (χ1) is 12.1. The van der Waals surface area contributed by atoms with E-state index < -0.39 is 5.41 Å². The van der Waals surface area contributed by atoms with Crippen LogP contribution in [0.25, 0.3) is 0 Å². The summed E-state index contributed by atoms with van der Waals surface area (Å²) >= 11 is 0. The number of aryl methyl sites for hydroxylation is 2. The summed E-state index contributed by atoms with van der Waals surface area (Å²) in [5.41, 5.74) is 8.47. The number of amides is 1. The molecule has 0 bridgehead atoms. The number of anilines is 1. The molecule has 0 fully saturated rings. The summed E-state index contributed by atoms with van der Waals surface area (Å²) in [7, 11) is 0. The van der Waals surface area contributed by atoms with Gasteiger partial charge in [0.25, 0.3) is 0 Å². The van der Waals surface area contributed by atoms with E-state index in [1.54, 1.807) is 0 Å². The van der Waals surface area contributed by atoms with Gasteiger partial charge in [-0.25, -0.2) is 0 Å². The molecule has 7 nitrogen and oxygen atoms in total. The topological polar surface area (TPSA) is 117 Å². The van der Waals surface area contributed by atoms with Crippen molar-refractivity contribution < 1.29 is 9.53 Å². The number of carbonyl (C=O) groups excluding carboxylic acids is 1. The second-order valence-corrected chi connectivity index (χ2v) is 6.29. The first-order valence-electron chi connectivity index (χ1n) is 8.13. The highest BCUT2D eigenvalue weighted by Gasteiger charge is 2.59. The molecule has 126 valence electrons. The maximum Gasteiger partial charge on any atom is 0.245 e. The van der Waals surface area contributed by atoms with Crippen LogP contribution < -0.4 is 15.8 Å². The molecule has 2 aliphatic heterocycles. The van der Waals surface area contributed by atoms with Crippen LogP contribution in [0.15, 0.2) is 29.7 Å². The number of fused-ring (bicyclic) bond motifs is 4. The minimum atomic E-state index is -1.33. The van der Waals surface area contributed by atoms with E-state index in [1.165, 1.54) is 0 Å². The molecule has 1 atom stereocenters. The molecular formula is C18H17N5O2. The lowest BCUT2D eigenvalue weighted by atomic mass is 9.67. The monoisotopic (exact) mass is 335 g/mol. The van der Waals surface area contributed by atoms with Crippen molar-refractivity contribution in [1.29, 1.82) is 5.26 Å². The van der Waals surface area contributed by atoms with Crippen LogP contribution in [0.5, 0.6) is 5.88 Å². The summed E-state index contributed by atoms with van der Waals surface area (Å²) in [6.45, 7) is 3.95. The minimum Gasteiger partial charge on any atom is -0.420 e. The fourth-order valence-electron chi connectivity index (χ4n) is 3.93. The number of nitrogens with zero attached hydrogens (tertiary/aromatic N) is 2. The van der Waals surface area contributed by atoms with Gasteiger partial charge in [0, 0.05) is 16.9 Å². The van der Waals surface area contributed by atoms with E-state index >= 15 is 0 Å². The number of H-pyrrole nitrogens is 1. The van der Waals surface area contributed by atoms with Gasteiger partial charge in [0.1, 0.15) is 17.1 Å². The maximum atomic E-state index is 13.2. The molecule has 7 heteroatoms. The van der Waals surface area contributed by atoms with Gasteiger partial charge in [-0.05, 0) is 25.0 Å². The Morgan fingerprint density at radius 1 is 1.40 bits per heavy atom. The third-order valence-electron chi connectivity index (χ3n) is 4.86. The molecule has 1 amide bonds. The molecule has 2 aromatic rings. The number of ether oxygens (including phenoxy) is 1. The van der Waals surface area contributed by atoms with E-state index in [4.69, 9.17) is 10.5 Å². The van der Waals surface area contributed by atoms with Gasteiger partial charge < -0.3 is 15.8 Å². The second kappa shape index (κ2) is 5.11. The van der Waals surface area contributed by atoms with Crippen LogP contribution in [-0.2, 0) is 16.6 Å². The van der Waals surface area contributed by atoms with Crippen LogP contribution in [0.2, 0.25) is 0 Å². The van der Waals surface area contributed by atoms with Crippen molar-refractivity contribution in [3.8, 4) is 11.9 Å². The fourth-order valence-corrected chi connectivity index (χ4v) is 3.93. The molecular weight excluding hydrogens is 318 g/mol. The van der Waals surface area contributed by atoms with Gasteiger partial charge in [0.15, 0.2) is 0 Å². The Morgan fingerprint density at radius 3 is 2.92 bits per heavy atom. The lowest BCUT2D eigenvalue weighted by Crippen LogP contribution is -2.43. The number of nitrogens with one attached hydrogen (secondary N) is 2. The Bertz CT molecular complexity index is 982. The third kappa shape index (κ3) is 1.74. The summed E-state index contributed by atoms with van der Waals surface area (Å²) < 4.78 is 5.56. The standard InChI is InChI=1S/C18H17N5O2/c1-3-5-12-14-16(23-22-12)25-15(20)10(8-19)18(14)13-9(2)6-4-7-11(13)21-17(18)24/h4,6-7H,3,5,20H2,1-2H3,(H,21,24)(H,22,23). The van der Waals surface area contributed by atoms with Crippen molar-refractivity contribution in [2.45, 2.75) is 32.1 Å². The largest absolute Gasteiger partial charge is 0.420 e. The van der Waals surface area contributed by atoms with Crippen LogP contribution in [0.3, 0.4) is 0 Å². The molecule has 0 saturated heterocycles. The van der Waals surface area contributed by atoms with E-state index in [9.17, 15) is 10.1 Å². The lowest BCUT2D eigenvalue weighted by molar-refractivity contribution is -0.118. The zero-order valence-electron chi connectivity index (χ0n) is 13.9. The van der Waals surface area contributed by atoms with E-state index in [-0.39, 0.29) is 23.2 Å². The van der Waals surface area contributed by atoms with E-state index in [1.807, 2.05) is 32.0 Å². The van der Waals surface area contributed by atoms with Gasteiger partial charge in [-0.1, -0.05) is 25.5 Å². The number of nitriles is 1. The van der Waals surface area contributed by atoms with Crippen LogP contribution in [0.4, 0.5) is 5.69 Å². The van der Waals surface area contributed by atoms with Crippen molar-refractivity contribution in [2.75, 3.05) is 5.32 Å². The number of aromatic nitrogens is 2. The Balaban J connectivity index is 2.16. The number of carbonyl (C=O) groups is 1. The SMILES string of the molecule is CCCc1[nH]nc2c1C1(C(=O)Nc3cccc(C)c31)C(C#N)=C(N)O2. The summed E-state index contributed by atoms with van der Waals surface area (Å²) in [4.78, 5) is 13.2. The first kappa shape index (κ1) is 15.3. The van der Waals surface area contributed by atoms with Crippen molar-refractivity contribution >= 4 is 11.6 Å². The lowest BCUT2D eigenvalue weighted by Gasteiger charge is -2.32. The summed E-state index contributed by atoms with van der Waals surface area (Å²) in [6, 6.07) is 7.73. The van der Waals surface area contributed by atoms with Gasteiger partial charge in [0.2, 0.25) is 17.7 Å². The molecule has 4 rings (SSSR count). The molecule has 2 aliphatic rings. The van der Waals surface area contributed by atoms with Crippen LogP contribution in [0, 0.1) is 18.3 Å². The number of aromatic amines is 1. The summed E-state index contributed by atoms with van der Waals surface area (Å²) in [5.74, 6) is -0.137. The van der Waals surface area contributed by atoms with Crippen molar-refractivity contribution in [1.82, 2.24) is 10.2 Å². The number of hydrogen-bond acceptors (Lipinski definition) is 5. The number of rotatable bonds is 2. The number of benzene rings is 1. The van der Waals surface area contributed by atoms with Crippen molar-refractivity contribution in [3.63, 3.8) is 0 Å². The molecule has 1 aromatic carbocycles. The first-order valence-corrected chi connectivity index (χ1v) is 8.13. The molecule has 25 heavy (non-hydrogen) atoms. The molecule has 4 N–H and O–H groups in total. The highest BCUT2D eigenvalue weighted by atomic mass is 16.5. The van der Waals surface area contributed by atoms with E-state index in [2.05, 4.69) is 21.6 Å². The maximum absolute atomic E-state index is 13.2. The Hall–Kier alpha value is -3.27. The number of hydrogen-bond donors (Lipinski definition) is 3. The molecule has 1 spiro atoms. The van der Waals surface area contributed by atoms with Gasteiger partial charge in [-0.15, -0.1) is 5.10 Å². The smallest absolute Gasteiger partial charge is 0.245 e. The predicted octanol–water partition coefficient (Wildman–Crippen LogP) is 2.00. The average Bonchev–Trinajstić information content (AvgIpc) is 3.09. The zero-order valence-corrected chi connectivity index (χ0v) is 13.9. The summed E-state index contributed by atoms with van der Waals surface area (Å²) in [6.07, 6.45) is 1.54. The van der Waals surface area contributed by atoms with E-state index in [0.717, 1.165) is 23.2 Å². The van der Waals surface area contributed by atoms with Gasteiger partial charge in [-0.2, -0.15) is 5.26 Å². The third-order valence-corrected chi connectivity index (χ3v) is 4.86. The second-order valence-electron chi connectivity index (χ2n) is 6.29. The van der Waals surface area contributed by atoms with Gasteiger partial charge in [-0.3, -0.25) is 9.89 Å². The minimum absolute atomic E-state index is 0.0872. The number of nitrogens with two attached hydrogens (primary N) is 1. The van der Waals surface area contributed by atoms with Crippen LogP contribution in [-0.4, -0.2) is 16.1 Å². The Labute approximate surface area is 144 Å². The normalized spacial score (nSPS) is 20.8. The van der Waals surface area contributed by atoms with Gasteiger partial charge >= 0.3 is 0 Å². The molecule has 0 aliphatic carbocycles. The quantitative estimate of drug-likeness (QED) is 0.776. The summed E-state index contributed by atoms with van der Waals surface area (Å²) in [5, 5.41) is 19.9. The molecule has 1 aromatic heterocycles. The zero-order chi connectivity index (χ0) is 17.8. The fraction of sp³-hybridized carbons (Fsp3) is 0.278. The highest BCUT2D eigenvalue weighted by Crippen LogP contribution is 2.54. The average molecular weight is 335 g/mol. The highest BCUT2D eigenvalue weighted by molar-refractivity contribution is 6.13. The molecule has 1 unspecified atom stereocenters. The van der Waals surface area contributed by atoms with E-state index in [0.29, 0.717) is 17.7 Å². The van der Waals surface area contributed by atoms with Crippen LogP contribution >= 0.6 is 0 Å². The molecule has 3 heterocycles. The Morgan fingerprint density at radius 2 is 2.20 bits per heavy atom. The van der Waals surface area contributed by atoms with Crippen molar-refractivity contribution in [2.24, 2.45) is 5.73 Å². The van der Waals surface area contributed by atoms with Crippen molar-refractivity contribution in [3.05, 3.63) is 52.0 Å². The Kier molecular flexibility index (Phi) is 3.12. The predicted molar refractivity (Wildman–Crippen MR) is 90.6 cm³/mol. The molecule has 0 saturated carbocycles. The van der Waals surface area contributed by atoms with Gasteiger partial charge in [0.05, 0.1) is 5.56 Å².